The van der Waals surface area contributed by atoms with Gasteiger partial charge in [-0.1, -0.05) is 396 Å². The molecule has 0 aromatic heterocycles. The van der Waals surface area contributed by atoms with E-state index in [9.17, 15) is 43.2 Å². The van der Waals surface area contributed by atoms with E-state index in [-0.39, 0.29) is 25.7 Å². The number of unbranched alkanes of at least 4 members (excludes halogenated alkanes) is 48. The Bertz CT molecular complexity index is 2040. The second-order valence-electron chi connectivity index (χ2n) is 32.6. The third kappa shape index (κ3) is 78.5. The van der Waals surface area contributed by atoms with E-state index in [1.165, 1.54) is 250 Å². The first-order valence-corrected chi connectivity index (χ1v) is 47.2. The Morgan fingerprint density at radius 2 is 0.457 bits per heavy atom. The first-order chi connectivity index (χ1) is 50.6. The van der Waals surface area contributed by atoms with Crippen molar-refractivity contribution < 1.29 is 80.2 Å². The van der Waals surface area contributed by atoms with Gasteiger partial charge in [-0.2, -0.15) is 0 Å². The van der Waals surface area contributed by atoms with Crippen molar-refractivity contribution in [2.45, 2.75) is 465 Å². The van der Waals surface area contributed by atoms with E-state index in [1.54, 1.807) is 0 Å². The summed E-state index contributed by atoms with van der Waals surface area (Å²) < 4.78 is 68.9. The maximum atomic E-state index is 13.1. The molecular weight excluding hydrogens is 1370 g/mol. The molecule has 0 heterocycles. The fourth-order valence-electron chi connectivity index (χ4n) is 13.3. The minimum Gasteiger partial charge on any atom is -0.462 e. The van der Waals surface area contributed by atoms with Crippen LogP contribution in [0.3, 0.4) is 0 Å². The number of esters is 4. The van der Waals surface area contributed by atoms with E-state index >= 15 is 0 Å². The largest absolute Gasteiger partial charge is 0.472 e. The fraction of sp³-hybridized carbons (Fsp3) is 0.953. The summed E-state index contributed by atoms with van der Waals surface area (Å²) in [5.41, 5.74) is 0. The lowest BCUT2D eigenvalue weighted by Gasteiger charge is -2.21. The molecule has 3 unspecified atom stereocenters. The molecular formula is C86H168O17P2. The molecule has 0 aliphatic rings. The molecule has 0 spiro atoms. The molecule has 0 saturated carbocycles. The molecule has 0 aromatic carbocycles. The third-order valence-corrected chi connectivity index (χ3v) is 22.3. The lowest BCUT2D eigenvalue weighted by atomic mass is 9.99. The highest BCUT2D eigenvalue weighted by molar-refractivity contribution is 7.47. The van der Waals surface area contributed by atoms with Crippen molar-refractivity contribution in [1.82, 2.24) is 0 Å². The lowest BCUT2D eigenvalue weighted by Crippen LogP contribution is -2.30. The maximum absolute atomic E-state index is 13.1. The molecule has 105 heavy (non-hydrogen) atoms. The van der Waals surface area contributed by atoms with Gasteiger partial charge < -0.3 is 33.8 Å². The standard InChI is InChI=1S/C86H168O17P2/c1-9-79(8)65-57-49-41-32-26-20-16-12-10-11-13-17-22-28-34-44-52-60-68-85(90)102-81(72-96-83(88)66-58-50-42-33-27-21-18-14-15-19-24-30-38-46-54-62-76(2)3)74-100-104(92,93)98-70-80(87)71-99-105(94,95)101-75-82(73-97-84(89)67-59-51-43-37-36-40-48-56-64-78(6)7)103-86(91)69-61-53-45-35-29-23-25-31-39-47-55-63-77(4)5/h76-82,87H,9-75H2,1-8H3,(H,92,93)(H,94,95)/t79?,80-,81-,82-/m1/s1. The van der Waals surface area contributed by atoms with E-state index < -0.39 is 97.5 Å². The summed E-state index contributed by atoms with van der Waals surface area (Å²) >= 11 is 0. The fourth-order valence-corrected chi connectivity index (χ4v) is 14.9. The zero-order valence-corrected chi connectivity index (χ0v) is 71.2. The number of aliphatic hydroxyl groups is 1. The van der Waals surface area contributed by atoms with Gasteiger partial charge in [-0.15, -0.1) is 0 Å². The number of aliphatic hydroxyl groups excluding tert-OH is 1. The molecule has 6 atom stereocenters. The van der Waals surface area contributed by atoms with Crippen molar-refractivity contribution in [3.63, 3.8) is 0 Å². The summed E-state index contributed by atoms with van der Waals surface area (Å²) in [6, 6.07) is 0. The molecule has 0 saturated heterocycles. The summed E-state index contributed by atoms with van der Waals surface area (Å²) in [7, 11) is -9.93. The zero-order chi connectivity index (χ0) is 77.4. The van der Waals surface area contributed by atoms with Gasteiger partial charge in [0, 0.05) is 25.7 Å². The number of hydrogen-bond acceptors (Lipinski definition) is 15. The second-order valence-corrected chi connectivity index (χ2v) is 35.5. The van der Waals surface area contributed by atoms with Crippen LogP contribution in [0.1, 0.15) is 447 Å². The number of phosphoric ester groups is 2. The Kier molecular flexibility index (Phi) is 73.4. The van der Waals surface area contributed by atoms with Crippen molar-refractivity contribution in [3.05, 3.63) is 0 Å². The van der Waals surface area contributed by atoms with Gasteiger partial charge in [-0.05, 0) is 49.4 Å². The SMILES string of the molecule is CCC(C)CCCCCCCCCCCCCCCCCCCCC(=O)O[C@H](COC(=O)CCCCCCCCCCCCCCCCCC(C)C)COP(=O)(O)OC[C@@H](O)COP(=O)(O)OC[C@@H](COC(=O)CCCCCCCCCCC(C)C)OC(=O)CCCCCCCCCCCCCC(C)C. The van der Waals surface area contributed by atoms with Crippen LogP contribution in [0.25, 0.3) is 0 Å². The number of carbonyl (C=O) groups excluding carboxylic acids is 4. The Balaban J connectivity index is 5.24. The van der Waals surface area contributed by atoms with E-state index in [2.05, 4.69) is 55.4 Å². The molecule has 0 bridgehead atoms. The molecule has 0 radical (unpaired) electrons. The maximum Gasteiger partial charge on any atom is 0.472 e. The normalized spacial score (nSPS) is 14.2. The summed E-state index contributed by atoms with van der Waals surface area (Å²) in [6.07, 6.45) is 63.9. The molecule has 0 rings (SSSR count). The number of ether oxygens (including phenoxy) is 4. The smallest absolute Gasteiger partial charge is 0.462 e. The highest BCUT2D eigenvalue weighted by atomic mass is 31.2. The topological polar surface area (TPSA) is 237 Å². The van der Waals surface area contributed by atoms with Gasteiger partial charge in [0.2, 0.25) is 0 Å². The van der Waals surface area contributed by atoms with E-state index in [0.717, 1.165) is 114 Å². The minimum absolute atomic E-state index is 0.106. The average Bonchev–Trinajstić information content (AvgIpc) is 0.905. The first kappa shape index (κ1) is 103. The van der Waals surface area contributed by atoms with Crippen LogP contribution in [0.2, 0.25) is 0 Å². The third-order valence-electron chi connectivity index (χ3n) is 20.4. The first-order valence-electron chi connectivity index (χ1n) is 44.2. The quantitative estimate of drug-likeness (QED) is 0.0222. The number of phosphoric acid groups is 2. The van der Waals surface area contributed by atoms with Crippen molar-refractivity contribution in [2.75, 3.05) is 39.6 Å². The zero-order valence-electron chi connectivity index (χ0n) is 69.4. The van der Waals surface area contributed by atoms with Gasteiger partial charge in [0.25, 0.3) is 0 Å². The van der Waals surface area contributed by atoms with Crippen LogP contribution in [-0.4, -0.2) is 96.7 Å². The Morgan fingerprint density at radius 3 is 0.676 bits per heavy atom. The van der Waals surface area contributed by atoms with Crippen LogP contribution in [0, 0.1) is 23.7 Å². The van der Waals surface area contributed by atoms with Gasteiger partial charge in [0.05, 0.1) is 26.4 Å². The molecule has 3 N–H and O–H groups in total. The summed E-state index contributed by atoms with van der Waals surface area (Å²) in [4.78, 5) is 73.2. The summed E-state index contributed by atoms with van der Waals surface area (Å²) in [5.74, 6) is 1.06. The second kappa shape index (κ2) is 74.8. The van der Waals surface area contributed by atoms with E-state index in [1.807, 2.05) is 0 Å². The van der Waals surface area contributed by atoms with E-state index in [4.69, 9.17) is 37.0 Å². The molecule has 0 aliphatic heterocycles. The molecule has 624 valence electrons. The Labute approximate surface area is 645 Å². The monoisotopic (exact) mass is 1540 g/mol. The molecule has 0 aromatic rings. The minimum atomic E-state index is -4.97. The number of hydrogen-bond donors (Lipinski definition) is 3. The summed E-state index contributed by atoms with van der Waals surface area (Å²) in [5, 5.41) is 10.7. The van der Waals surface area contributed by atoms with Gasteiger partial charge >= 0.3 is 39.5 Å². The molecule has 19 heteroatoms. The van der Waals surface area contributed by atoms with Crippen LogP contribution in [0.4, 0.5) is 0 Å². The van der Waals surface area contributed by atoms with E-state index in [0.29, 0.717) is 25.7 Å². The average molecular weight is 1540 g/mol. The molecule has 17 nitrogen and oxygen atoms in total. The number of carbonyl (C=O) groups is 4. The Morgan fingerprint density at radius 1 is 0.267 bits per heavy atom. The van der Waals surface area contributed by atoms with Crippen molar-refractivity contribution in [1.29, 1.82) is 0 Å². The number of rotatable bonds is 83. The Hall–Kier alpha value is -1.94. The van der Waals surface area contributed by atoms with Gasteiger partial charge in [0.15, 0.2) is 12.2 Å². The van der Waals surface area contributed by atoms with Crippen molar-refractivity contribution >= 4 is 39.5 Å². The van der Waals surface area contributed by atoms with Crippen LogP contribution in [0.5, 0.6) is 0 Å². The van der Waals surface area contributed by atoms with Crippen LogP contribution in [-0.2, 0) is 65.4 Å². The van der Waals surface area contributed by atoms with Crippen molar-refractivity contribution in [3.8, 4) is 0 Å². The van der Waals surface area contributed by atoms with Gasteiger partial charge in [-0.3, -0.25) is 37.3 Å². The predicted octanol–water partition coefficient (Wildman–Crippen LogP) is 25.9. The molecule has 0 fully saturated rings. The molecule has 0 amide bonds. The highest BCUT2D eigenvalue weighted by Gasteiger charge is 2.31. The van der Waals surface area contributed by atoms with Crippen molar-refractivity contribution in [2.24, 2.45) is 23.7 Å². The summed E-state index contributed by atoms with van der Waals surface area (Å²) in [6.45, 7) is 14.3. The van der Waals surface area contributed by atoms with Crippen LogP contribution >= 0.6 is 15.6 Å². The highest BCUT2D eigenvalue weighted by Crippen LogP contribution is 2.45. The van der Waals surface area contributed by atoms with Crippen LogP contribution < -0.4 is 0 Å². The van der Waals surface area contributed by atoms with Gasteiger partial charge in [0.1, 0.15) is 19.3 Å². The molecule has 0 aliphatic carbocycles. The lowest BCUT2D eigenvalue weighted by molar-refractivity contribution is -0.161. The predicted molar refractivity (Wildman–Crippen MR) is 432 cm³/mol. The van der Waals surface area contributed by atoms with Crippen LogP contribution in [0.15, 0.2) is 0 Å². The van der Waals surface area contributed by atoms with Gasteiger partial charge in [-0.25, -0.2) is 9.13 Å².